The highest BCUT2D eigenvalue weighted by atomic mass is 32.1. The standard InChI is InChI=1S/C11H14N4S/c1-3-15-10(9-4-6-12-7-5-9)13-14-11(15,2)8-16/h4-8,14H,3H2,1-2H3. The van der Waals surface area contributed by atoms with Crippen molar-refractivity contribution in [3.63, 3.8) is 0 Å². The number of hydrogen-bond donors (Lipinski definition) is 1. The summed E-state index contributed by atoms with van der Waals surface area (Å²) in [5.74, 6) is 0.911. The van der Waals surface area contributed by atoms with E-state index in [4.69, 9.17) is 12.2 Å². The van der Waals surface area contributed by atoms with Gasteiger partial charge in [0.15, 0.2) is 11.5 Å². The van der Waals surface area contributed by atoms with Crippen LogP contribution in [0.4, 0.5) is 0 Å². The molecule has 16 heavy (non-hydrogen) atoms. The van der Waals surface area contributed by atoms with Crippen LogP contribution in [0, 0.1) is 0 Å². The first kappa shape index (κ1) is 11.0. The largest absolute Gasteiger partial charge is 0.327 e. The van der Waals surface area contributed by atoms with E-state index >= 15 is 0 Å². The summed E-state index contributed by atoms with van der Waals surface area (Å²) in [6.45, 7) is 4.94. The molecule has 0 amide bonds. The summed E-state index contributed by atoms with van der Waals surface area (Å²) in [4.78, 5) is 6.14. The monoisotopic (exact) mass is 234 g/mol. The molecule has 0 radical (unpaired) electrons. The molecule has 0 saturated carbocycles. The van der Waals surface area contributed by atoms with Gasteiger partial charge in [-0.25, -0.2) is 0 Å². The molecule has 1 aliphatic heterocycles. The molecule has 1 unspecified atom stereocenters. The highest BCUT2D eigenvalue weighted by Gasteiger charge is 2.36. The van der Waals surface area contributed by atoms with Crippen LogP contribution in [0.3, 0.4) is 0 Å². The molecule has 4 nitrogen and oxygen atoms in total. The van der Waals surface area contributed by atoms with E-state index in [-0.39, 0.29) is 5.66 Å². The predicted molar refractivity (Wildman–Crippen MR) is 68.3 cm³/mol. The molecule has 0 spiro atoms. The first-order valence-corrected chi connectivity index (χ1v) is 5.67. The van der Waals surface area contributed by atoms with Gasteiger partial charge in [0, 0.05) is 29.9 Å². The van der Waals surface area contributed by atoms with E-state index in [9.17, 15) is 0 Å². The van der Waals surface area contributed by atoms with Crippen molar-refractivity contribution in [2.45, 2.75) is 19.5 Å². The Bertz CT molecular complexity index is 417. The lowest BCUT2D eigenvalue weighted by atomic mass is 10.1. The lowest BCUT2D eigenvalue weighted by Crippen LogP contribution is -2.52. The molecule has 1 aromatic heterocycles. The van der Waals surface area contributed by atoms with Crippen molar-refractivity contribution in [1.29, 1.82) is 0 Å². The lowest BCUT2D eigenvalue weighted by molar-refractivity contribution is 0.277. The van der Waals surface area contributed by atoms with E-state index in [0.29, 0.717) is 0 Å². The zero-order valence-corrected chi connectivity index (χ0v) is 10.2. The number of aromatic nitrogens is 1. The second-order valence-corrected chi connectivity index (χ2v) is 4.03. The van der Waals surface area contributed by atoms with Gasteiger partial charge < -0.3 is 4.90 Å². The van der Waals surface area contributed by atoms with Crippen LogP contribution in [0.25, 0.3) is 0 Å². The van der Waals surface area contributed by atoms with Gasteiger partial charge in [0.25, 0.3) is 0 Å². The fraction of sp³-hybridized carbons (Fsp3) is 0.364. The van der Waals surface area contributed by atoms with Crippen molar-refractivity contribution in [3.05, 3.63) is 30.1 Å². The molecule has 1 atom stereocenters. The Morgan fingerprint density at radius 3 is 2.75 bits per heavy atom. The van der Waals surface area contributed by atoms with Crippen molar-refractivity contribution >= 4 is 23.4 Å². The SMILES string of the molecule is CCN1C(c2ccncc2)=NNC1(C)C=S. The summed E-state index contributed by atoms with van der Waals surface area (Å²) < 4.78 is 0. The molecular weight excluding hydrogens is 220 g/mol. The highest BCUT2D eigenvalue weighted by Crippen LogP contribution is 2.20. The van der Waals surface area contributed by atoms with Crippen LogP contribution in [-0.4, -0.2) is 33.3 Å². The first-order valence-electron chi connectivity index (χ1n) is 5.20. The minimum atomic E-state index is -0.372. The van der Waals surface area contributed by atoms with E-state index in [1.807, 2.05) is 19.1 Å². The zero-order valence-electron chi connectivity index (χ0n) is 9.34. The van der Waals surface area contributed by atoms with Gasteiger partial charge in [0.1, 0.15) is 0 Å². The van der Waals surface area contributed by atoms with Gasteiger partial charge in [0.05, 0.1) is 0 Å². The van der Waals surface area contributed by atoms with Crippen molar-refractivity contribution in [3.8, 4) is 0 Å². The normalized spacial score (nSPS) is 23.9. The third-order valence-corrected chi connectivity index (χ3v) is 3.15. The topological polar surface area (TPSA) is 40.5 Å². The number of nitrogens with zero attached hydrogens (tertiary/aromatic N) is 3. The van der Waals surface area contributed by atoms with Gasteiger partial charge in [-0.2, -0.15) is 5.10 Å². The summed E-state index contributed by atoms with van der Waals surface area (Å²) >= 11 is 5.06. The minimum absolute atomic E-state index is 0.372. The van der Waals surface area contributed by atoms with E-state index in [1.165, 1.54) is 0 Å². The number of pyridine rings is 1. The smallest absolute Gasteiger partial charge is 0.158 e. The highest BCUT2D eigenvalue weighted by molar-refractivity contribution is 7.79. The van der Waals surface area contributed by atoms with Crippen LogP contribution in [0.15, 0.2) is 29.6 Å². The number of hydrazone groups is 1. The van der Waals surface area contributed by atoms with E-state index in [2.05, 4.69) is 27.3 Å². The summed E-state index contributed by atoms with van der Waals surface area (Å²) in [6, 6.07) is 3.89. The van der Waals surface area contributed by atoms with Gasteiger partial charge in [-0.3, -0.25) is 10.4 Å². The number of nitrogens with one attached hydrogen (secondary N) is 1. The maximum atomic E-state index is 5.06. The second-order valence-electron chi connectivity index (χ2n) is 3.79. The average molecular weight is 234 g/mol. The Labute approximate surface area is 100 Å². The minimum Gasteiger partial charge on any atom is -0.327 e. The molecule has 2 rings (SSSR count). The van der Waals surface area contributed by atoms with Crippen molar-refractivity contribution in [2.24, 2.45) is 5.10 Å². The van der Waals surface area contributed by atoms with Gasteiger partial charge in [-0.15, -0.1) is 0 Å². The summed E-state index contributed by atoms with van der Waals surface area (Å²) in [6.07, 6.45) is 3.53. The molecular formula is C11H14N4S. The fourth-order valence-corrected chi connectivity index (χ4v) is 1.98. The van der Waals surface area contributed by atoms with Crippen LogP contribution in [0.5, 0.6) is 0 Å². The number of amidine groups is 1. The molecule has 5 heteroatoms. The quantitative estimate of drug-likeness (QED) is 0.802. The zero-order chi connectivity index (χ0) is 11.6. The maximum absolute atomic E-state index is 5.06. The number of thiocarbonyl (C=S) groups is 1. The molecule has 0 bridgehead atoms. The number of rotatable bonds is 3. The summed E-state index contributed by atoms with van der Waals surface area (Å²) in [5, 5.41) is 6.05. The summed E-state index contributed by atoms with van der Waals surface area (Å²) in [5.41, 5.74) is 3.74. The predicted octanol–water partition coefficient (Wildman–Crippen LogP) is 1.38. The van der Waals surface area contributed by atoms with Crippen LogP contribution >= 0.6 is 12.2 Å². The van der Waals surface area contributed by atoms with Crippen molar-refractivity contribution < 1.29 is 0 Å². The van der Waals surface area contributed by atoms with Gasteiger partial charge in [0.2, 0.25) is 0 Å². The molecule has 1 aromatic rings. The number of hydrogen-bond acceptors (Lipinski definition) is 5. The Hall–Kier alpha value is -1.49. The Morgan fingerprint density at radius 1 is 1.50 bits per heavy atom. The molecule has 1 aliphatic rings. The van der Waals surface area contributed by atoms with Crippen LogP contribution in [0.2, 0.25) is 0 Å². The second kappa shape index (κ2) is 4.17. The Morgan fingerprint density at radius 2 is 2.19 bits per heavy atom. The van der Waals surface area contributed by atoms with E-state index in [1.54, 1.807) is 17.8 Å². The third-order valence-electron chi connectivity index (χ3n) is 2.69. The Balaban J connectivity index is 2.35. The van der Waals surface area contributed by atoms with E-state index < -0.39 is 0 Å². The molecule has 2 heterocycles. The molecule has 0 aromatic carbocycles. The Kier molecular flexibility index (Phi) is 2.87. The summed E-state index contributed by atoms with van der Waals surface area (Å²) in [7, 11) is 0. The third kappa shape index (κ3) is 1.67. The van der Waals surface area contributed by atoms with E-state index in [0.717, 1.165) is 17.9 Å². The van der Waals surface area contributed by atoms with Gasteiger partial charge in [-0.1, -0.05) is 12.2 Å². The van der Waals surface area contributed by atoms with Crippen LogP contribution in [-0.2, 0) is 0 Å². The van der Waals surface area contributed by atoms with Crippen LogP contribution in [0.1, 0.15) is 19.4 Å². The average Bonchev–Trinajstić information content (AvgIpc) is 2.68. The van der Waals surface area contributed by atoms with Gasteiger partial charge in [-0.05, 0) is 26.0 Å². The fourth-order valence-electron chi connectivity index (χ4n) is 1.80. The first-order chi connectivity index (χ1) is 7.71. The van der Waals surface area contributed by atoms with Crippen molar-refractivity contribution in [1.82, 2.24) is 15.3 Å². The van der Waals surface area contributed by atoms with Gasteiger partial charge >= 0.3 is 0 Å². The maximum Gasteiger partial charge on any atom is 0.158 e. The lowest BCUT2D eigenvalue weighted by Gasteiger charge is -2.32. The molecule has 0 saturated heterocycles. The molecule has 0 aliphatic carbocycles. The van der Waals surface area contributed by atoms with Crippen LogP contribution < -0.4 is 5.43 Å². The molecule has 1 N–H and O–H groups in total. The molecule has 84 valence electrons. The molecule has 0 fully saturated rings. The van der Waals surface area contributed by atoms with Crippen molar-refractivity contribution in [2.75, 3.05) is 6.54 Å².